The number of hydrogen-bond donors (Lipinski definition) is 0. The van der Waals surface area contributed by atoms with Crippen LogP contribution in [-0.4, -0.2) is 9.97 Å². The Morgan fingerprint density at radius 2 is 1.60 bits per heavy atom. The zero-order chi connectivity index (χ0) is 13.5. The highest BCUT2D eigenvalue weighted by Gasteiger charge is 2.14. The van der Waals surface area contributed by atoms with Crippen LogP contribution in [0.15, 0.2) is 59.0 Å². The molecule has 96 valence electrons. The molecule has 20 heavy (non-hydrogen) atoms. The minimum atomic E-state index is 0.338. The smallest absolute Gasteiger partial charge is 0.191 e. The van der Waals surface area contributed by atoms with Crippen LogP contribution in [0.1, 0.15) is 0 Å². The number of rotatable bonds is 1. The maximum atomic E-state index is 6.24. The molecule has 0 saturated heterocycles. The van der Waals surface area contributed by atoms with E-state index in [1.54, 1.807) is 0 Å². The molecule has 4 rings (SSSR count). The van der Waals surface area contributed by atoms with Crippen molar-refractivity contribution in [2.75, 3.05) is 0 Å². The minimum Gasteiger partial charge on any atom is -0.451 e. The van der Waals surface area contributed by atoms with Crippen molar-refractivity contribution in [3.8, 4) is 11.4 Å². The van der Waals surface area contributed by atoms with Gasteiger partial charge in [-0.25, -0.2) is 9.97 Å². The van der Waals surface area contributed by atoms with Crippen LogP contribution in [0.4, 0.5) is 0 Å². The van der Waals surface area contributed by atoms with E-state index in [1.165, 1.54) is 0 Å². The number of benzene rings is 2. The summed E-state index contributed by atoms with van der Waals surface area (Å²) in [4.78, 5) is 8.93. The molecule has 0 bridgehead atoms. The van der Waals surface area contributed by atoms with Crippen molar-refractivity contribution in [2.45, 2.75) is 0 Å². The third-order valence-electron chi connectivity index (χ3n) is 3.21. The van der Waals surface area contributed by atoms with Gasteiger partial charge in [0.05, 0.1) is 0 Å². The summed E-state index contributed by atoms with van der Waals surface area (Å²) >= 11 is 6.24. The Morgan fingerprint density at radius 3 is 2.45 bits per heavy atom. The number of halogens is 1. The maximum absolute atomic E-state index is 6.24. The lowest BCUT2D eigenvalue weighted by molar-refractivity contribution is 0.666. The zero-order valence-corrected chi connectivity index (χ0v) is 11.1. The first-order valence-corrected chi connectivity index (χ1v) is 6.61. The summed E-state index contributed by atoms with van der Waals surface area (Å²) in [5, 5.41) is 1.29. The van der Waals surface area contributed by atoms with Crippen molar-refractivity contribution in [1.82, 2.24) is 9.97 Å². The van der Waals surface area contributed by atoms with Crippen LogP contribution in [0, 0.1) is 0 Å². The van der Waals surface area contributed by atoms with Crippen LogP contribution >= 0.6 is 11.6 Å². The van der Waals surface area contributed by atoms with Crippen LogP contribution in [0.2, 0.25) is 5.15 Å². The molecular weight excluding hydrogens is 272 g/mol. The van der Waals surface area contributed by atoms with Crippen LogP contribution in [0.25, 0.3) is 33.5 Å². The summed E-state index contributed by atoms with van der Waals surface area (Å²) in [6, 6.07) is 17.5. The van der Waals surface area contributed by atoms with E-state index in [-0.39, 0.29) is 0 Å². The van der Waals surface area contributed by atoms with Gasteiger partial charge < -0.3 is 4.42 Å². The monoisotopic (exact) mass is 280 g/mol. The molecule has 3 nitrogen and oxygen atoms in total. The molecule has 2 aromatic carbocycles. The van der Waals surface area contributed by atoms with E-state index in [2.05, 4.69) is 9.97 Å². The number of furan rings is 1. The lowest BCUT2D eigenvalue weighted by atomic mass is 10.2. The molecule has 0 amide bonds. The molecule has 0 unspecified atom stereocenters. The van der Waals surface area contributed by atoms with Gasteiger partial charge >= 0.3 is 0 Å². The van der Waals surface area contributed by atoms with Gasteiger partial charge in [-0.2, -0.15) is 0 Å². The van der Waals surface area contributed by atoms with Crippen molar-refractivity contribution in [2.24, 2.45) is 0 Å². The van der Waals surface area contributed by atoms with Crippen LogP contribution < -0.4 is 0 Å². The Bertz CT molecular complexity index is 916. The topological polar surface area (TPSA) is 38.9 Å². The van der Waals surface area contributed by atoms with Gasteiger partial charge in [-0.15, -0.1) is 0 Å². The van der Waals surface area contributed by atoms with E-state index in [1.807, 2.05) is 54.6 Å². The lowest BCUT2D eigenvalue weighted by Crippen LogP contribution is -1.89. The van der Waals surface area contributed by atoms with E-state index < -0.39 is 0 Å². The molecule has 0 atom stereocenters. The van der Waals surface area contributed by atoms with Gasteiger partial charge in [0, 0.05) is 10.9 Å². The average Bonchev–Trinajstić information content (AvgIpc) is 2.88. The Labute approximate surface area is 119 Å². The largest absolute Gasteiger partial charge is 0.451 e. The molecule has 0 spiro atoms. The second-order valence-corrected chi connectivity index (χ2v) is 4.84. The van der Waals surface area contributed by atoms with Gasteiger partial charge in [-0.3, -0.25) is 0 Å². The molecule has 2 heterocycles. The summed E-state index contributed by atoms with van der Waals surface area (Å²) < 4.78 is 5.72. The van der Waals surface area contributed by atoms with Gasteiger partial charge in [-0.1, -0.05) is 54.1 Å². The summed E-state index contributed by atoms with van der Waals surface area (Å²) in [7, 11) is 0. The molecule has 0 aliphatic carbocycles. The standard InChI is InChI=1S/C16H9ClN2O/c17-15-14-13(11-8-4-5-9-12(11)20-14)18-16(19-15)10-6-2-1-3-7-10/h1-9H. The lowest BCUT2D eigenvalue weighted by Gasteiger charge is -2.00. The first kappa shape index (κ1) is 11.4. The Morgan fingerprint density at radius 1 is 0.850 bits per heavy atom. The van der Waals surface area contributed by atoms with Gasteiger partial charge in [-0.05, 0) is 12.1 Å². The molecule has 0 fully saturated rings. The third-order valence-corrected chi connectivity index (χ3v) is 3.47. The highest BCUT2D eigenvalue weighted by molar-refractivity contribution is 6.34. The molecular formula is C16H9ClN2O. The van der Waals surface area contributed by atoms with E-state index in [0.717, 1.165) is 22.0 Å². The molecule has 2 aromatic heterocycles. The predicted molar refractivity (Wildman–Crippen MR) is 79.8 cm³/mol. The van der Waals surface area contributed by atoms with Crippen molar-refractivity contribution in [3.63, 3.8) is 0 Å². The van der Waals surface area contributed by atoms with Crippen LogP contribution in [0.3, 0.4) is 0 Å². The van der Waals surface area contributed by atoms with Crippen molar-refractivity contribution >= 4 is 33.7 Å². The Balaban J connectivity index is 2.08. The average molecular weight is 281 g/mol. The number of aromatic nitrogens is 2. The summed E-state index contributed by atoms with van der Waals surface area (Å²) in [6.07, 6.45) is 0. The number of nitrogens with zero attached hydrogens (tertiary/aromatic N) is 2. The van der Waals surface area contributed by atoms with Gasteiger partial charge in [0.1, 0.15) is 11.1 Å². The van der Waals surface area contributed by atoms with Crippen molar-refractivity contribution in [1.29, 1.82) is 0 Å². The molecule has 0 saturated carbocycles. The Kier molecular flexibility index (Phi) is 2.47. The van der Waals surface area contributed by atoms with E-state index in [0.29, 0.717) is 16.6 Å². The molecule has 0 aliphatic heterocycles. The fourth-order valence-corrected chi connectivity index (χ4v) is 2.48. The fourth-order valence-electron chi connectivity index (χ4n) is 2.27. The first-order chi connectivity index (χ1) is 9.83. The van der Waals surface area contributed by atoms with Crippen molar-refractivity contribution in [3.05, 3.63) is 59.8 Å². The fraction of sp³-hybridized carbons (Fsp3) is 0. The molecule has 0 radical (unpaired) electrons. The van der Waals surface area contributed by atoms with E-state index in [4.69, 9.17) is 16.0 Å². The van der Waals surface area contributed by atoms with Gasteiger partial charge in [0.15, 0.2) is 16.6 Å². The molecule has 4 aromatic rings. The highest BCUT2D eigenvalue weighted by Crippen LogP contribution is 2.32. The van der Waals surface area contributed by atoms with Crippen LogP contribution in [0.5, 0.6) is 0 Å². The first-order valence-electron chi connectivity index (χ1n) is 6.23. The molecule has 0 N–H and O–H groups in total. The second-order valence-electron chi connectivity index (χ2n) is 4.48. The highest BCUT2D eigenvalue weighted by atomic mass is 35.5. The summed E-state index contributed by atoms with van der Waals surface area (Å²) in [6.45, 7) is 0. The zero-order valence-electron chi connectivity index (χ0n) is 10.4. The molecule has 4 heteroatoms. The van der Waals surface area contributed by atoms with Crippen molar-refractivity contribution < 1.29 is 4.42 Å². The summed E-state index contributed by atoms with van der Waals surface area (Å²) in [5.74, 6) is 0.606. The summed E-state index contributed by atoms with van der Waals surface area (Å²) in [5.41, 5.74) is 2.98. The SMILES string of the molecule is Clc1nc(-c2ccccc2)nc2c1oc1ccccc12. The van der Waals surface area contributed by atoms with E-state index in [9.17, 15) is 0 Å². The number of fused-ring (bicyclic) bond motifs is 3. The van der Waals surface area contributed by atoms with Gasteiger partial charge in [0.25, 0.3) is 0 Å². The van der Waals surface area contributed by atoms with Gasteiger partial charge in [0.2, 0.25) is 0 Å². The molecule has 0 aliphatic rings. The minimum absolute atomic E-state index is 0.338. The quantitative estimate of drug-likeness (QED) is 0.475. The Hall–Kier alpha value is -2.39. The number of para-hydroxylation sites is 1. The second kappa shape index (κ2) is 4.32. The normalized spacial score (nSPS) is 11.2. The maximum Gasteiger partial charge on any atom is 0.191 e. The third kappa shape index (κ3) is 1.67. The van der Waals surface area contributed by atoms with E-state index >= 15 is 0 Å². The number of hydrogen-bond acceptors (Lipinski definition) is 3. The van der Waals surface area contributed by atoms with Crippen LogP contribution in [-0.2, 0) is 0 Å². The predicted octanol–water partition coefficient (Wildman–Crippen LogP) is 4.70.